The fraction of sp³-hybridized carbons (Fsp3) is 0.432. The quantitative estimate of drug-likeness (QED) is 0.272. The van der Waals surface area contributed by atoms with Crippen molar-refractivity contribution in [3.8, 4) is 17.1 Å². The van der Waals surface area contributed by atoms with Crippen LogP contribution in [0.4, 0.5) is 0 Å². The number of benzene rings is 2. The van der Waals surface area contributed by atoms with Gasteiger partial charge in [-0.2, -0.15) is 5.10 Å². The number of rotatable bonds is 7. The number of hydrogen-bond acceptors (Lipinski definition) is 8. The van der Waals surface area contributed by atoms with E-state index >= 15 is 0 Å². The molecule has 51 heavy (non-hydrogen) atoms. The molecule has 1 aromatic heterocycles. The van der Waals surface area contributed by atoms with Gasteiger partial charge in [-0.15, -0.1) is 6.58 Å². The Kier molecular flexibility index (Phi) is 13.5. The summed E-state index contributed by atoms with van der Waals surface area (Å²) < 4.78 is 6.88. The molecule has 272 valence electrons. The molecule has 0 fully saturated rings. The van der Waals surface area contributed by atoms with Crippen LogP contribution in [0, 0.1) is 5.92 Å². The summed E-state index contributed by atoms with van der Waals surface area (Å²) in [6.45, 7) is 10.7. The van der Waals surface area contributed by atoms with Gasteiger partial charge in [0.2, 0.25) is 23.6 Å². The Morgan fingerprint density at radius 2 is 1.73 bits per heavy atom. The maximum atomic E-state index is 13.8. The van der Waals surface area contributed by atoms with Crippen LogP contribution in [-0.2, 0) is 32.1 Å². The first-order valence-corrected chi connectivity index (χ1v) is 17.1. The average Bonchev–Trinajstić information content (AvgIpc) is 3.52. The molecule has 0 unspecified atom stereocenters. The highest BCUT2D eigenvalue weighted by Gasteiger charge is 2.29. The highest BCUT2D eigenvalue weighted by molar-refractivity contribution is 5.98. The number of hydrogen-bond donors (Lipinski definition) is 4. The second kappa shape index (κ2) is 17.9. The molecule has 1 aliphatic rings. The van der Waals surface area contributed by atoms with Crippen LogP contribution in [0.25, 0.3) is 11.4 Å². The van der Waals surface area contributed by atoms with Gasteiger partial charge in [0, 0.05) is 24.2 Å². The summed E-state index contributed by atoms with van der Waals surface area (Å²) in [6, 6.07) is 11.7. The molecule has 3 atom stereocenters. The van der Waals surface area contributed by atoms with Crippen LogP contribution in [-0.4, -0.2) is 88.0 Å². The van der Waals surface area contributed by atoms with Gasteiger partial charge < -0.3 is 30.9 Å². The number of amides is 5. The molecular weight excluding hydrogens is 652 g/mol. The molecule has 14 heteroatoms. The molecule has 0 aliphatic carbocycles. The Labute approximate surface area is 298 Å². The number of nitrogens with one attached hydrogen (secondary N) is 4. The van der Waals surface area contributed by atoms with Crippen LogP contribution in [0.5, 0.6) is 5.75 Å². The number of fused-ring (bicyclic) bond motifs is 1. The number of nitrogens with zero attached hydrogens (tertiary/aromatic N) is 4. The molecule has 14 nitrogen and oxygen atoms in total. The molecule has 0 radical (unpaired) electrons. The van der Waals surface area contributed by atoms with Crippen LogP contribution >= 0.6 is 0 Å². The number of carbonyl (C=O) groups excluding carboxylic acids is 5. The van der Waals surface area contributed by atoms with Gasteiger partial charge in [-0.05, 0) is 62.8 Å². The number of ether oxygens (including phenoxy) is 1. The lowest BCUT2D eigenvalue weighted by atomic mass is 10.0. The van der Waals surface area contributed by atoms with Crippen molar-refractivity contribution in [3.05, 3.63) is 78.1 Å². The van der Waals surface area contributed by atoms with E-state index in [-0.39, 0.29) is 38.0 Å². The van der Waals surface area contributed by atoms with Crippen LogP contribution < -0.4 is 26.0 Å². The fourth-order valence-corrected chi connectivity index (χ4v) is 5.76. The normalized spacial score (nSPS) is 19.7. The molecule has 2 heterocycles. The Hall–Kier alpha value is -5.53. The summed E-state index contributed by atoms with van der Waals surface area (Å²) >= 11 is 0. The van der Waals surface area contributed by atoms with Gasteiger partial charge in [-0.1, -0.05) is 50.3 Å². The third kappa shape index (κ3) is 10.5. The van der Waals surface area contributed by atoms with Gasteiger partial charge in [-0.3, -0.25) is 24.0 Å². The van der Waals surface area contributed by atoms with Crippen LogP contribution in [0.2, 0.25) is 0 Å². The van der Waals surface area contributed by atoms with Crippen molar-refractivity contribution in [1.82, 2.24) is 40.9 Å². The van der Waals surface area contributed by atoms with E-state index in [9.17, 15) is 24.0 Å². The number of methoxy groups -OCH3 is 1. The first kappa shape index (κ1) is 38.3. The minimum absolute atomic E-state index is 0.0458. The lowest BCUT2D eigenvalue weighted by Crippen LogP contribution is -2.54. The summed E-state index contributed by atoms with van der Waals surface area (Å²) in [5, 5.41) is 15.8. The minimum Gasteiger partial charge on any atom is -0.496 e. The molecule has 1 aliphatic heterocycles. The van der Waals surface area contributed by atoms with Crippen LogP contribution in [0.1, 0.15) is 68.3 Å². The predicted octanol–water partition coefficient (Wildman–Crippen LogP) is 2.56. The van der Waals surface area contributed by atoms with Crippen molar-refractivity contribution < 1.29 is 28.7 Å². The Morgan fingerprint density at radius 3 is 2.41 bits per heavy atom. The summed E-state index contributed by atoms with van der Waals surface area (Å²) in [4.78, 5) is 73.3. The zero-order chi connectivity index (χ0) is 37.1. The summed E-state index contributed by atoms with van der Waals surface area (Å²) in [6.07, 6.45) is 2.83. The van der Waals surface area contributed by atoms with Gasteiger partial charge in [-0.25, -0.2) is 9.67 Å². The second-order valence-electron chi connectivity index (χ2n) is 13.0. The third-order valence-corrected chi connectivity index (χ3v) is 8.32. The van der Waals surface area contributed by atoms with Gasteiger partial charge in [0.25, 0.3) is 5.91 Å². The van der Waals surface area contributed by atoms with Crippen LogP contribution in [0.3, 0.4) is 0 Å². The smallest absolute Gasteiger partial charge is 0.254 e. The van der Waals surface area contributed by atoms with Crippen molar-refractivity contribution >= 4 is 29.5 Å². The molecule has 2 aromatic carbocycles. The maximum Gasteiger partial charge on any atom is 0.254 e. The van der Waals surface area contributed by atoms with Gasteiger partial charge in [0.15, 0.2) is 5.82 Å². The Balaban J connectivity index is 1.64. The molecule has 0 saturated carbocycles. The summed E-state index contributed by atoms with van der Waals surface area (Å²) in [5.74, 6) is -0.921. The molecule has 0 bridgehead atoms. The van der Waals surface area contributed by atoms with E-state index in [0.29, 0.717) is 42.2 Å². The standard InChI is InChI=1S/C37H48N8O6/c1-7-12-27-20-28(15-16-30(27)51-6)37(50)44-18-11-17-38-31(46)22-45-34(42-33(43-45)26-13-9-8-10-14-26)24(4)40-36(49)29(19-23(2)3)41-35(48)25(5)39-32(47)21-44/h7-10,13-16,20,23-25,29H,1,11-12,17-19,21-22H2,2-6H3,(H,38,46)(H,39,47)(H,40,49)(H,41,48)/t24-,25+,29+/m0/s1. The summed E-state index contributed by atoms with van der Waals surface area (Å²) in [7, 11) is 1.54. The number of aromatic nitrogens is 3. The third-order valence-electron chi connectivity index (χ3n) is 8.32. The number of carbonyl (C=O) groups is 5. The SMILES string of the molecule is C=CCc1cc(C(=O)N2CCCNC(=O)Cn3nc(-c4ccccc4)nc3[C@H](C)NC(=O)[C@@H](CC(C)C)NC(=O)[C@@H](C)NC(=O)C2)ccc1OC. The minimum atomic E-state index is -1.01. The maximum absolute atomic E-state index is 13.8. The lowest BCUT2D eigenvalue weighted by molar-refractivity contribution is -0.132. The molecule has 4 N–H and O–H groups in total. The van der Waals surface area contributed by atoms with Gasteiger partial charge >= 0.3 is 0 Å². The Morgan fingerprint density at radius 1 is 0.980 bits per heavy atom. The first-order chi connectivity index (χ1) is 24.4. The largest absolute Gasteiger partial charge is 0.496 e. The van der Waals surface area contributed by atoms with Crippen molar-refractivity contribution in [2.24, 2.45) is 5.92 Å². The van der Waals surface area contributed by atoms with E-state index in [2.05, 4.69) is 37.9 Å². The van der Waals surface area contributed by atoms with Crippen molar-refractivity contribution in [2.45, 2.75) is 71.6 Å². The zero-order valence-corrected chi connectivity index (χ0v) is 29.9. The monoisotopic (exact) mass is 700 g/mol. The molecule has 3 aromatic rings. The highest BCUT2D eigenvalue weighted by atomic mass is 16.5. The number of allylic oxidation sites excluding steroid dienone is 1. The predicted molar refractivity (Wildman–Crippen MR) is 191 cm³/mol. The topological polar surface area (TPSA) is 177 Å². The second-order valence-corrected chi connectivity index (χ2v) is 13.0. The van der Waals surface area contributed by atoms with Crippen molar-refractivity contribution in [1.29, 1.82) is 0 Å². The van der Waals surface area contributed by atoms with E-state index in [1.54, 1.807) is 38.3 Å². The molecule has 0 saturated heterocycles. The van der Waals surface area contributed by atoms with E-state index in [4.69, 9.17) is 4.74 Å². The van der Waals surface area contributed by atoms with Gasteiger partial charge in [0.1, 0.15) is 30.2 Å². The van der Waals surface area contributed by atoms with Gasteiger partial charge in [0.05, 0.1) is 19.7 Å². The van der Waals surface area contributed by atoms with E-state index < -0.39 is 41.8 Å². The molecule has 0 spiro atoms. The fourth-order valence-electron chi connectivity index (χ4n) is 5.76. The first-order valence-electron chi connectivity index (χ1n) is 17.1. The van der Waals surface area contributed by atoms with Crippen molar-refractivity contribution in [3.63, 3.8) is 0 Å². The lowest BCUT2D eigenvalue weighted by Gasteiger charge is -2.25. The summed E-state index contributed by atoms with van der Waals surface area (Å²) in [5.41, 5.74) is 1.85. The average molecular weight is 701 g/mol. The van der Waals surface area contributed by atoms with Crippen LogP contribution in [0.15, 0.2) is 61.2 Å². The molecule has 5 amide bonds. The molecule has 4 rings (SSSR count). The van der Waals surface area contributed by atoms with Crippen molar-refractivity contribution in [2.75, 3.05) is 26.7 Å². The van der Waals surface area contributed by atoms with E-state index in [0.717, 1.165) is 11.1 Å². The van der Waals surface area contributed by atoms with E-state index in [1.807, 2.05) is 44.2 Å². The molecular formula is C37H48N8O6. The van der Waals surface area contributed by atoms with E-state index in [1.165, 1.54) is 16.5 Å². The zero-order valence-electron chi connectivity index (χ0n) is 29.9. The highest BCUT2D eigenvalue weighted by Crippen LogP contribution is 2.22. The Bertz CT molecular complexity index is 1720.